The van der Waals surface area contributed by atoms with E-state index in [4.69, 9.17) is 5.73 Å². The lowest BCUT2D eigenvalue weighted by atomic mass is 9.88. The van der Waals surface area contributed by atoms with Gasteiger partial charge in [0.2, 0.25) is 5.91 Å². The van der Waals surface area contributed by atoms with E-state index in [-0.39, 0.29) is 29.8 Å². The van der Waals surface area contributed by atoms with Gasteiger partial charge in [0, 0.05) is 12.7 Å². The zero-order valence-corrected chi connectivity index (χ0v) is 14.6. The molecule has 3 N–H and O–H groups in total. The lowest BCUT2D eigenvalue weighted by Crippen LogP contribution is -2.55. The number of nitrogens with zero attached hydrogens (tertiary/aromatic N) is 2. The number of halogens is 1. The first-order valence-corrected chi connectivity index (χ1v) is 7.54. The van der Waals surface area contributed by atoms with Gasteiger partial charge in [-0.25, -0.2) is 4.68 Å². The highest BCUT2D eigenvalue weighted by atomic mass is 35.5. The molecule has 0 saturated carbocycles. The van der Waals surface area contributed by atoms with Crippen LogP contribution in [0.5, 0.6) is 0 Å². The molecule has 1 unspecified atom stereocenters. The van der Waals surface area contributed by atoms with Crippen molar-refractivity contribution < 1.29 is 4.79 Å². The van der Waals surface area contributed by atoms with Crippen molar-refractivity contribution in [2.75, 3.05) is 6.54 Å². The third-order valence-corrected chi connectivity index (χ3v) is 4.14. The van der Waals surface area contributed by atoms with Crippen molar-refractivity contribution in [3.63, 3.8) is 0 Å². The van der Waals surface area contributed by atoms with E-state index >= 15 is 0 Å². The number of carbonyl (C=O) groups excluding carboxylic acids is 1. The summed E-state index contributed by atoms with van der Waals surface area (Å²) in [6, 6.07) is 9.82. The van der Waals surface area contributed by atoms with Crippen LogP contribution < -0.4 is 11.1 Å². The molecule has 0 spiro atoms. The zero-order chi connectivity index (χ0) is 16.2. The van der Waals surface area contributed by atoms with Gasteiger partial charge in [0.15, 0.2) is 0 Å². The van der Waals surface area contributed by atoms with Gasteiger partial charge in [-0.1, -0.05) is 32.0 Å². The molecule has 0 bridgehead atoms. The molecule has 1 amide bonds. The lowest BCUT2D eigenvalue weighted by Gasteiger charge is -2.33. The Kier molecular flexibility index (Phi) is 6.79. The Hall–Kier alpha value is -1.85. The van der Waals surface area contributed by atoms with E-state index in [0.29, 0.717) is 13.0 Å². The Morgan fingerprint density at radius 1 is 1.35 bits per heavy atom. The van der Waals surface area contributed by atoms with Crippen molar-refractivity contribution in [2.24, 2.45) is 11.7 Å². The first-order chi connectivity index (χ1) is 10.4. The lowest BCUT2D eigenvalue weighted by molar-refractivity contribution is -0.122. The SMILES string of the molecule is CC(C)C(C)(CN)NC(=O)Cc1cnn(-c2ccccc2)c1.Cl. The van der Waals surface area contributed by atoms with Crippen LogP contribution in [0.4, 0.5) is 0 Å². The minimum Gasteiger partial charge on any atom is -0.349 e. The van der Waals surface area contributed by atoms with E-state index < -0.39 is 0 Å². The van der Waals surface area contributed by atoms with Crippen LogP contribution in [0.25, 0.3) is 5.69 Å². The van der Waals surface area contributed by atoms with E-state index in [1.165, 1.54) is 0 Å². The summed E-state index contributed by atoms with van der Waals surface area (Å²) in [6.07, 6.45) is 3.90. The van der Waals surface area contributed by atoms with Crippen LogP contribution in [0.1, 0.15) is 26.3 Å². The second-order valence-corrected chi connectivity index (χ2v) is 6.13. The zero-order valence-electron chi connectivity index (χ0n) is 13.8. The molecule has 1 heterocycles. The number of nitrogens with two attached hydrogens (primary N) is 1. The van der Waals surface area contributed by atoms with Crippen molar-refractivity contribution in [1.29, 1.82) is 0 Å². The Morgan fingerprint density at radius 2 is 2.00 bits per heavy atom. The largest absolute Gasteiger partial charge is 0.349 e. The highest BCUT2D eigenvalue weighted by molar-refractivity contribution is 5.85. The number of carbonyl (C=O) groups is 1. The number of nitrogens with one attached hydrogen (secondary N) is 1. The molecule has 5 nitrogen and oxygen atoms in total. The van der Waals surface area contributed by atoms with Gasteiger partial charge in [0.05, 0.1) is 23.8 Å². The van der Waals surface area contributed by atoms with Crippen molar-refractivity contribution in [1.82, 2.24) is 15.1 Å². The van der Waals surface area contributed by atoms with Gasteiger partial charge >= 0.3 is 0 Å². The Bertz CT molecular complexity index is 627. The second-order valence-electron chi connectivity index (χ2n) is 6.13. The van der Waals surface area contributed by atoms with Crippen molar-refractivity contribution >= 4 is 18.3 Å². The molecular formula is C17H25ClN4O. The normalized spacial score (nSPS) is 13.3. The van der Waals surface area contributed by atoms with Gasteiger partial charge in [-0.2, -0.15) is 5.10 Å². The molecule has 0 aliphatic carbocycles. The fourth-order valence-corrected chi connectivity index (χ4v) is 2.15. The molecule has 23 heavy (non-hydrogen) atoms. The maximum absolute atomic E-state index is 12.2. The van der Waals surface area contributed by atoms with Crippen LogP contribution in [0.2, 0.25) is 0 Å². The molecule has 126 valence electrons. The smallest absolute Gasteiger partial charge is 0.225 e. The monoisotopic (exact) mass is 336 g/mol. The Balaban J connectivity index is 0.00000264. The fourth-order valence-electron chi connectivity index (χ4n) is 2.15. The average Bonchev–Trinajstić information content (AvgIpc) is 2.96. The van der Waals surface area contributed by atoms with Crippen LogP contribution in [-0.2, 0) is 11.2 Å². The van der Waals surface area contributed by atoms with E-state index in [1.807, 2.05) is 43.5 Å². The molecule has 0 fully saturated rings. The number of aromatic nitrogens is 2. The van der Waals surface area contributed by atoms with Crippen LogP contribution in [0, 0.1) is 5.92 Å². The summed E-state index contributed by atoms with van der Waals surface area (Å²) in [7, 11) is 0. The second kappa shape index (κ2) is 8.13. The average molecular weight is 337 g/mol. The summed E-state index contributed by atoms with van der Waals surface area (Å²) in [6.45, 7) is 6.50. The van der Waals surface area contributed by atoms with E-state index in [2.05, 4.69) is 24.3 Å². The molecule has 0 aliphatic heterocycles. The van der Waals surface area contributed by atoms with E-state index in [0.717, 1.165) is 11.3 Å². The highest BCUT2D eigenvalue weighted by Gasteiger charge is 2.28. The maximum Gasteiger partial charge on any atom is 0.225 e. The highest BCUT2D eigenvalue weighted by Crippen LogP contribution is 2.15. The summed E-state index contributed by atoms with van der Waals surface area (Å²) in [5, 5.41) is 7.34. The molecule has 6 heteroatoms. The van der Waals surface area contributed by atoms with Crippen molar-refractivity contribution in [3.8, 4) is 5.69 Å². The van der Waals surface area contributed by atoms with Gasteiger partial charge in [0.25, 0.3) is 0 Å². The molecule has 0 aliphatic rings. The van der Waals surface area contributed by atoms with Gasteiger partial charge in [0.1, 0.15) is 0 Å². The molecule has 0 saturated heterocycles. The molecule has 2 rings (SSSR count). The molecule has 1 aromatic heterocycles. The van der Waals surface area contributed by atoms with Crippen LogP contribution in [0.15, 0.2) is 42.7 Å². The summed E-state index contributed by atoms with van der Waals surface area (Å²) >= 11 is 0. The first-order valence-electron chi connectivity index (χ1n) is 7.54. The molecule has 2 aromatic rings. The fraction of sp³-hybridized carbons (Fsp3) is 0.412. The summed E-state index contributed by atoms with van der Waals surface area (Å²) in [5.74, 6) is 0.239. The number of para-hydroxylation sites is 1. The maximum atomic E-state index is 12.2. The van der Waals surface area contributed by atoms with E-state index in [9.17, 15) is 4.79 Å². The van der Waals surface area contributed by atoms with Crippen LogP contribution in [-0.4, -0.2) is 27.8 Å². The van der Waals surface area contributed by atoms with Gasteiger partial charge < -0.3 is 11.1 Å². The van der Waals surface area contributed by atoms with Gasteiger partial charge in [-0.15, -0.1) is 12.4 Å². The number of amides is 1. The quantitative estimate of drug-likeness (QED) is 0.850. The molecule has 1 aromatic carbocycles. The third-order valence-electron chi connectivity index (χ3n) is 4.14. The van der Waals surface area contributed by atoms with Gasteiger partial charge in [-0.3, -0.25) is 4.79 Å². The molecular weight excluding hydrogens is 312 g/mol. The Labute approximate surface area is 143 Å². The summed E-state index contributed by atoms with van der Waals surface area (Å²) < 4.78 is 1.77. The molecule has 0 radical (unpaired) electrons. The predicted molar refractivity (Wildman–Crippen MR) is 95.0 cm³/mol. The minimum absolute atomic E-state index is 0. The number of benzene rings is 1. The van der Waals surface area contributed by atoms with E-state index in [1.54, 1.807) is 10.9 Å². The Morgan fingerprint density at radius 3 is 2.57 bits per heavy atom. The number of hydrogen-bond acceptors (Lipinski definition) is 3. The minimum atomic E-state index is -0.382. The first kappa shape index (κ1) is 19.2. The van der Waals surface area contributed by atoms with Crippen molar-refractivity contribution in [3.05, 3.63) is 48.3 Å². The van der Waals surface area contributed by atoms with Crippen molar-refractivity contribution in [2.45, 2.75) is 32.7 Å². The van der Waals surface area contributed by atoms with Crippen LogP contribution in [0.3, 0.4) is 0 Å². The predicted octanol–water partition coefficient (Wildman–Crippen LogP) is 2.33. The summed E-state index contributed by atoms with van der Waals surface area (Å²) in [4.78, 5) is 12.2. The topological polar surface area (TPSA) is 72.9 Å². The third kappa shape index (κ3) is 4.81. The number of hydrogen-bond donors (Lipinski definition) is 2. The summed E-state index contributed by atoms with van der Waals surface area (Å²) in [5.41, 5.74) is 7.27. The number of rotatable bonds is 6. The van der Waals surface area contributed by atoms with Crippen LogP contribution >= 0.6 is 12.4 Å². The van der Waals surface area contributed by atoms with Gasteiger partial charge in [-0.05, 0) is 30.5 Å². The molecule has 1 atom stereocenters. The standard InChI is InChI=1S/C17H24N4O.ClH/c1-13(2)17(3,12-18)20-16(22)9-14-10-19-21(11-14)15-7-5-4-6-8-15;/h4-8,10-11,13H,9,12,18H2,1-3H3,(H,20,22);1H.